The van der Waals surface area contributed by atoms with Crippen LogP contribution in [0.25, 0.3) is 33.4 Å². The predicted octanol–water partition coefficient (Wildman–Crippen LogP) is -5.06. The van der Waals surface area contributed by atoms with Crippen molar-refractivity contribution in [1.82, 2.24) is 0 Å². The van der Waals surface area contributed by atoms with Gasteiger partial charge in [-0.3, -0.25) is 4.55 Å². The van der Waals surface area contributed by atoms with Crippen LogP contribution in [0.4, 0.5) is 49.4 Å². The van der Waals surface area contributed by atoms with Gasteiger partial charge in [0.1, 0.15) is 31.4 Å². The molecule has 6 aromatic rings. The summed E-state index contributed by atoms with van der Waals surface area (Å²) in [5.41, 5.74) is 5.55. The van der Waals surface area contributed by atoms with Gasteiger partial charge in [-0.2, -0.15) is 26.6 Å². The molecule has 2 aliphatic rings. The number of aromatic hydroxyl groups is 2. The molecule has 1 heterocycles. The predicted molar refractivity (Wildman–Crippen MR) is 268 cm³/mol. The van der Waals surface area contributed by atoms with Gasteiger partial charge in [0.15, 0.2) is 0 Å². The van der Waals surface area contributed by atoms with Crippen LogP contribution in [0.5, 0.6) is 11.5 Å². The van der Waals surface area contributed by atoms with Crippen molar-refractivity contribution in [3.63, 3.8) is 0 Å². The van der Waals surface area contributed by atoms with Gasteiger partial charge in [-0.15, -0.1) is 24.3 Å². The van der Waals surface area contributed by atoms with Crippen LogP contribution in [0, 0.1) is 53.7 Å². The number of carbonyl (C=O) groups is 3. The molecule has 374 valence electrons. The molecular formula is C52H43K4N6O13S2+. The second-order valence-corrected chi connectivity index (χ2v) is 19.8. The summed E-state index contributed by atoms with van der Waals surface area (Å²) in [7, 11) is -10.3. The Kier molecular flexibility index (Phi) is 24.2. The largest absolute Gasteiger partial charge is 1.00 e. The van der Waals surface area contributed by atoms with Crippen molar-refractivity contribution < 1.29 is 271 Å². The van der Waals surface area contributed by atoms with E-state index in [1.54, 1.807) is 39.8 Å². The van der Waals surface area contributed by atoms with Gasteiger partial charge >= 0.3 is 218 Å². The summed E-state index contributed by atoms with van der Waals surface area (Å²) in [5, 5.41) is 45.0. The summed E-state index contributed by atoms with van der Waals surface area (Å²) in [6.45, 7) is 10.5. The molecule has 8 rings (SSSR count). The molecule has 9 N–H and O–H groups in total. The molecule has 0 bridgehead atoms. The maximum absolute atomic E-state index is 13.3. The normalized spacial score (nSPS) is 11.3. The number of hydrogen-bond donors (Lipinski definition) is 9. The number of hydrogen-bond acceptors (Lipinski definition) is 13. The Morgan fingerprint density at radius 1 is 0.636 bits per heavy atom. The van der Waals surface area contributed by atoms with E-state index in [0.717, 1.165) is 35.4 Å². The maximum Gasteiger partial charge on any atom is 1.00 e. The molecule has 0 fully saturated rings. The van der Waals surface area contributed by atoms with E-state index in [-0.39, 0.29) is 267 Å². The minimum atomic E-state index is -5.35. The first-order chi connectivity index (χ1) is 34.4. The van der Waals surface area contributed by atoms with Crippen LogP contribution in [0.15, 0.2) is 111 Å². The zero-order chi connectivity index (χ0) is 52.8. The number of benzene rings is 7. The Balaban J connectivity index is 0.00000320. The fourth-order valence-electron chi connectivity index (χ4n) is 8.65. The van der Waals surface area contributed by atoms with Crippen molar-refractivity contribution in [2.75, 3.05) is 26.6 Å². The Morgan fingerprint density at radius 3 is 1.84 bits per heavy atom. The Labute approximate surface area is 613 Å². The molecule has 77 heavy (non-hydrogen) atoms. The van der Waals surface area contributed by atoms with Crippen LogP contribution >= 0.6 is 0 Å². The van der Waals surface area contributed by atoms with Crippen molar-refractivity contribution in [3.05, 3.63) is 153 Å². The number of phenols is 2. The fraction of sp³-hybridized carbons (Fsp3) is 0.115. The number of amides is 4. The molecule has 0 spiro atoms. The van der Waals surface area contributed by atoms with Crippen molar-refractivity contribution in [2.45, 2.75) is 51.3 Å². The molecule has 0 aromatic heterocycles. The molecule has 0 saturated carbocycles. The molecule has 6 aromatic carbocycles. The molecule has 0 radical (unpaired) electrons. The molecule has 1 aliphatic carbocycles. The van der Waals surface area contributed by atoms with E-state index in [2.05, 4.69) is 43.7 Å². The minimum Gasteiger partial charge on any atom is -0.744 e. The van der Waals surface area contributed by atoms with Crippen molar-refractivity contribution in [1.29, 1.82) is 0 Å². The number of nitrogens with one attached hydrogen (secondary N) is 6. The van der Waals surface area contributed by atoms with Crippen LogP contribution < -0.4 is 248 Å². The Morgan fingerprint density at radius 2 is 1.23 bits per heavy atom. The third-order valence-electron chi connectivity index (χ3n) is 11.9. The third-order valence-corrected chi connectivity index (χ3v) is 13.7. The van der Waals surface area contributed by atoms with Gasteiger partial charge in [0, 0.05) is 45.0 Å². The average molecular weight is 1180 g/mol. The van der Waals surface area contributed by atoms with Gasteiger partial charge in [0.05, 0.1) is 23.4 Å². The van der Waals surface area contributed by atoms with Gasteiger partial charge in [-0.25, -0.2) is 23.0 Å². The minimum absolute atomic E-state index is 0. The van der Waals surface area contributed by atoms with E-state index in [4.69, 9.17) is 4.42 Å². The van der Waals surface area contributed by atoms with Gasteiger partial charge in [-0.05, 0) is 106 Å². The summed E-state index contributed by atoms with van der Waals surface area (Å²) in [6, 6.07) is 26.4. The van der Waals surface area contributed by atoms with E-state index in [1.807, 2.05) is 19.9 Å². The first kappa shape index (κ1) is 67.3. The number of anilines is 6. The standard InChI is InChI=1S/C52H44N6O13S2.4K/c1-25-19-27(3)48(57-51(63)54-31-11-15-34(59)16-12-31)29(5)46(25)53-33-13-17-35-41(22-33)71-42-24-39(44(73(68,69)70)23-38(42)45(35)36-9-7-8-10-43(36)72(65,66)67)56-47-26(2)20-28(4)49(30(47)6)58-52(64)55-32-14-18-40(60)37(21-32)50(61)62;;;;/h7-12,14-15,17-24,53,59-60H,1-6H3,(H,61,62)(H2,54,57,63)(H2,55,58,64)(H,65,66,67)(H,68,69,70);;;;/q-2;4*+1/p-1. The zero-order valence-electron chi connectivity index (χ0n) is 43.5. The number of carboxylic acid groups (broad SMARTS) is 1. The molecule has 25 heteroatoms. The fourth-order valence-corrected chi connectivity index (χ4v) is 9.99. The van der Waals surface area contributed by atoms with Gasteiger partial charge < -0.3 is 55.7 Å². The Hall–Kier alpha value is -2.21. The van der Waals surface area contributed by atoms with E-state index < -0.39 is 59.4 Å². The van der Waals surface area contributed by atoms with E-state index in [0.29, 0.717) is 45.0 Å². The van der Waals surface area contributed by atoms with E-state index >= 15 is 0 Å². The Bertz CT molecular complexity index is 3920. The number of urea groups is 2. The van der Waals surface area contributed by atoms with Crippen LogP contribution in [-0.2, 0) is 20.2 Å². The van der Waals surface area contributed by atoms with Crippen molar-refractivity contribution in [3.8, 4) is 33.9 Å². The van der Waals surface area contributed by atoms with Crippen LogP contribution in [0.3, 0.4) is 0 Å². The van der Waals surface area contributed by atoms with Crippen LogP contribution in [0.1, 0.15) is 43.7 Å². The second-order valence-electron chi connectivity index (χ2n) is 17.0. The summed E-state index contributed by atoms with van der Waals surface area (Å²) >= 11 is 0. The summed E-state index contributed by atoms with van der Waals surface area (Å²) < 4.78 is 82.5. The number of aryl methyl sites for hydroxylation is 4. The van der Waals surface area contributed by atoms with Crippen LogP contribution in [0.2, 0.25) is 0 Å². The number of carboxylic acids is 1. The zero-order valence-corrected chi connectivity index (χ0v) is 57.6. The van der Waals surface area contributed by atoms with Gasteiger partial charge in [-0.1, -0.05) is 46.6 Å². The summed E-state index contributed by atoms with van der Waals surface area (Å²) in [5.74, 6) is -2.37. The molecule has 1 aliphatic heterocycles. The second kappa shape index (κ2) is 27.7. The molecule has 0 saturated heterocycles. The number of aromatic carboxylic acids is 1. The topological polar surface area (TPSA) is 314 Å². The molecule has 19 nitrogen and oxygen atoms in total. The first-order valence-corrected chi connectivity index (χ1v) is 24.7. The van der Waals surface area contributed by atoms with E-state index in [9.17, 15) is 55.6 Å². The number of carbonyl (C=O) groups excluding carboxylic acids is 3. The number of fused-ring (bicyclic) bond motifs is 2. The first-order valence-electron chi connectivity index (χ1n) is 21.9. The monoisotopic (exact) mass is 1180 g/mol. The summed E-state index contributed by atoms with van der Waals surface area (Å²) in [4.78, 5) is 39.6. The molecular weight excluding hydrogens is 1140 g/mol. The number of phenolic OH excluding ortho intramolecular Hbond substituents is 1. The summed E-state index contributed by atoms with van der Waals surface area (Å²) in [6.07, 6.45) is 0. The number of rotatable bonds is 11. The smallest absolute Gasteiger partial charge is 0.744 e. The van der Waals surface area contributed by atoms with Gasteiger partial charge in [0.25, 0.3) is 10.1 Å². The molecule has 0 unspecified atom stereocenters. The molecule has 4 amide bonds. The van der Waals surface area contributed by atoms with Gasteiger partial charge in [0.2, 0.25) is 11.0 Å². The maximum atomic E-state index is 13.3. The third kappa shape index (κ3) is 15.5. The van der Waals surface area contributed by atoms with Crippen LogP contribution in [-0.4, -0.2) is 54.2 Å². The van der Waals surface area contributed by atoms with E-state index in [1.165, 1.54) is 54.6 Å². The quantitative estimate of drug-likeness (QED) is 0.0193. The SMILES string of the molecule is Cc1cc(C)c(Nc2[c-]cc3c(-c4ccccc4S(=O)(=O)O)c4cc(S(=O)(=O)[O-])c(=[NH+]c5c(C)cc(C)c(NC(=O)Nc6ccc(O)c(C(=O)[O-])c6)c5C)cc-4oc3c2)c(C)c1NC(=O)Nc1c[c-]c(O)cc1.[K+].[K+].[K+].[K+]. The van der Waals surface area contributed by atoms with Crippen molar-refractivity contribution in [2.24, 2.45) is 0 Å². The van der Waals surface area contributed by atoms with Crippen molar-refractivity contribution >= 4 is 89.0 Å². The molecule has 0 atom stereocenters. The average Bonchev–Trinajstić information content (AvgIpc) is 3.31.